The molecule has 0 atom stereocenters. The van der Waals surface area contributed by atoms with Crippen LogP contribution in [0.3, 0.4) is 0 Å². The average molecular weight is 442 g/mol. The first-order valence-corrected chi connectivity index (χ1v) is 11.7. The number of pyridine rings is 2. The molecule has 0 radical (unpaired) electrons. The summed E-state index contributed by atoms with van der Waals surface area (Å²) in [5.41, 5.74) is 5.13. The molecule has 170 valence electrons. The van der Waals surface area contributed by atoms with Crippen molar-refractivity contribution in [2.45, 2.75) is 59.0 Å². The summed E-state index contributed by atoms with van der Waals surface area (Å²) < 4.78 is 1.80. The summed E-state index contributed by atoms with van der Waals surface area (Å²) in [5.74, 6) is 0.800. The minimum atomic E-state index is -0.146. The Kier molecular flexibility index (Phi) is 7.01. The lowest BCUT2D eigenvalue weighted by Crippen LogP contribution is -2.29. The predicted octanol–water partition coefficient (Wildman–Crippen LogP) is 3.78. The zero-order chi connectivity index (χ0) is 23.4. The third-order valence-electron chi connectivity index (χ3n) is 6.27. The summed E-state index contributed by atoms with van der Waals surface area (Å²) in [7, 11) is 1.98. The van der Waals surface area contributed by atoms with E-state index in [0.717, 1.165) is 29.5 Å². The molecular weight excluding hydrogens is 411 g/mol. The van der Waals surface area contributed by atoms with Gasteiger partial charge in [0, 0.05) is 36.8 Å². The summed E-state index contributed by atoms with van der Waals surface area (Å²) >= 11 is 0. The van der Waals surface area contributed by atoms with Gasteiger partial charge in [-0.2, -0.15) is 0 Å². The van der Waals surface area contributed by atoms with Crippen LogP contribution in [0.25, 0.3) is 16.7 Å². The SMILES string of the molecule is B/C(C)=C(\C(C)=N)c1ccc2nc(NCc3cccnc3)c(=O)n(CC3CCCCC3)c2n1. The van der Waals surface area contributed by atoms with Gasteiger partial charge in [0.15, 0.2) is 11.5 Å². The average Bonchev–Trinajstić information content (AvgIpc) is 2.81. The van der Waals surface area contributed by atoms with Crippen LogP contribution in [0.4, 0.5) is 5.82 Å². The van der Waals surface area contributed by atoms with Crippen LogP contribution in [0, 0.1) is 11.3 Å². The van der Waals surface area contributed by atoms with Crippen LogP contribution < -0.4 is 10.9 Å². The highest BCUT2D eigenvalue weighted by Gasteiger charge is 2.20. The molecule has 0 aromatic carbocycles. The van der Waals surface area contributed by atoms with Crippen molar-refractivity contribution in [3.05, 3.63) is 63.7 Å². The van der Waals surface area contributed by atoms with Crippen molar-refractivity contribution in [2.75, 3.05) is 5.32 Å². The third kappa shape index (κ3) is 5.21. The smallest absolute Gasteiger partial charge is 0.294 e. The molecule has 33 heavy (non-hydrogen) atoms. The number of rotatable bonds is 7. The molecule has 4 rings (SSSR count). The van der Waals surface area contributed by atoms with E-state index < -0.39 is 0 Å². The maximum atomic E-state index is 13.6. The molecule has 2 N–H and O–H groups in total. The molecule has 0 amide bonds. The van der Waals surface area contributed by atoms with Crippen LogP contribution in [0.2, 0.25) is 0 Å². The number of hydrogen-bond donors (Lipinski definition) is 2. The Morgan fingerprint density at radius 2 is 1.97 bits per heavy atom. The number of nitrogens with one attached hydrogen (secondary N) is 2. The Labute approximate surface area is 195 Å². The fraction of sp³-hybridized carbons (Fsp3) is 0.400. The topological polar surface area (TPSA) is 96.5 Å². The lowest BCUT2D eigenvalue weighted by Gasteiger charge is -2.23. The van der Waals surface area contributed by atoms with Crippen molar-refractivity contribution in [1.29, 1.82) is 5.41 Å². The highest BCUT2D eigenvalue weighted by atomic mass is 16.1. The second kappa shape index (κ2) is 10.1. The van der Waals surface area contributed by atoms with Gasteiger partial charge >= 0.3 is 0 Å². The van der Waals surface area contributed by atoms with Gasteiger partial charge in [-0.25, -0.2) is 9.97 Å². The minimum Gasteiger partial charge on any atom is -0.361 e. The van der Waals surface area contributed by atoms with E-state index in [4.69, 9.17) is 10.4 Å². The van der Waals surface area contributed by atoms with Crippen molar-refractivity contribution in [2.24, 2.45) is 5.92 Å². The first-order valence-electron chi connectivity index (χ1n) is 11.7. The van der Waals surface area contributed by atoms with Gasteiger partial charge in [0.1, 0.15) is 13.4 Å². The van der Waals surface area contributed by atoms with Crippen molar-refractivity contribution in [3.8, 4) is 0 Å². The minimum absolute atomic E-state index is 0.146. The molecular formula is C25H31BN6O. The Balaban J connectivity index is 1.79. The van der Waals surface area contributed by atoms with Gasteiger partial charge in [-0.1, -0.05) is 32.3 Å². The predicted molar refractivity (Wildman–Crippen MR) is 136 cm³/mol. The van der Waals surface area contributed by atoms with E-state index in [0.29, 0.717) is 47.4 Å². The van der Waals surface area contributed by atoms with Crippen molar-refractivity contribution < 1.29 is 0 Å². The number of allylic oxidation sites excluding steroid dienone is 2. The van der Waals surface area contributed by atoms with Crippen LogP contribution in [-0.2, 0) is 13.1 Å². The number of fused-ring (bicyclic) bond motifs is 1. The second-order valence-corrected chi connectivity index (χ2v) is 9.13. The summed E-state index contributed by atoms with van der Waals surface area (Å²) in [5, 5.41) is 11.4. The molecule has 3 heterocycles. The molecule has 1 aliphatic carbocycles. The lowest BCUT2D eigenvalue weighted by atomic mass is 9.88. The molecule has 1 aliphatic rings. The van der Waals surface area contributed by atoms with E-state index in [1.54, 1.807) is 23.9 Å². The molecule has 3 aromatic rings. The first kappa shape index (κ1) is 22.9. The van der Waals surface area contributed by atoms with Crippen LogP contribution in [-0.4, -0.2) is 33.1 Å². The summed E-state index contributed by atoms with van der Waals surface area (Å²) in [6, 6.07) is 7.66. The van der Waals surface area contributed by atoms with E-state index in [1.807, 2.05) is 39.0 Å². The van der Waals surface area contributed by atoms with E-state index in [9.17, 15) is 4.79 Å². The normalized spacial score (nSPS) is 15.3. The quantitative estimate of drug-likeness (QED) is 0.429. The number of aromatic nitrogens is 4. The van der Waals surface area contributed by atoms with Gasteiger partial charge in [0.2, 0.25) is 0 Å². The first-order chi connectivity index (χ1) is 15.9. The van der Waals surface area contributed by atoms with Crippen LogP contribution in [0.15, 0.2) is 46.9 Å². The van der Waals surface area contributed by atoms with Gasteiger partial charge in [-0.3, -0.25) is 14.3 Å². The molecule has 1 saturated carbocycles. The van der Waals surface area contributed by atoms with E-state index >= 15 is 0 Å². The van der Waals surface area contributed by atoms with E-state index in [2.05, 4.69) is 15.3 Å². The third-order valence-corrected chi connectivity index (χ3v) is 6.27. The molecule has 0 aliphatic heterocycles. The lowest BCUT2D eigenvalue weighted by molar-refractivity contribution is 0.319. The molecule has 1 fully saturated rings. The van der Waals surface area contributed by atoms with Crippen molar-refractivity contribution >= 4 is 36.1 Å². The van der Waals surface area contributed by atoms with Crippen LogP contribution in [0.1, 0.15) is 57.2 Å². The Morgan fingerprint density at radius 3 is 2.64 bits per heavy atom. The fourth-order valence-electron chi connectivity index (χ4n) is 4.68. The standard InChI is InChI=1S/C25H31BN6O/c1-16(26)22(17(2)27)20-10-11-21-24(31-20)32(15-18-7-4-3-5-8-18)25(33)23(30-21)29-14-19-9-6-12-28-13-19/h6,9-13,18,27H,3-5,7-8,14-15,26H2,1-2H3,(H,29,30)/b22-16+,27-17?. The maximum Gasteiger partial charge on any atom is 0.294 e. The number of anilines is 1. The molecule has 0 unspecified atom stereocenters. The number of hydrogen-bond acceptors (Lipinski definition) is 6. The maximum absolute atomic E-state index is 13.6. The molecule has 0 saturated heterocycles. The van der Waals surface area contributed by atoms with E-state index in [1.165, 1.54) is 19.3 Å². The largest absolute Gasteiger partial charge is 0.361 e. The van der Waals surface area contributed by atoms with Crippen molar-refractivity contribution in [1.82, 2.24) is 19.5 Å². The zero-order valence-electron chi connectivity index (χ0n) is 19.7. The van der Waals surface area contributed by atoms with Crippen molar-refractivity contribution in [3.63, 3.8) is 0 Å². The fourth-order valence-corrected chi connectivity index (χ4v) is 4.68. The van der Waals surface area contributed by atoms with Crippen LogP contribution >= 0.6 is 0 Å². The molecule has 3 aromatic heterocycles. The monoisotopic (exact) mass is 442 g/mol. The highest BCUT2D eigenvalue weighted by Crippen LogP contribution is 2.26. The zero-order valence-corrected chi connectivity index (χ0v) is 19.7. The molecule has 8 heteroatoms. The summed E-state index contributed by atoms with van der Waals surface area (Å²) in [6.07, 6.45) is 9.47. The Bertz CT molecular complexity index is 1240. The Morgan fingerprint density at radius 1 is 1.18 bits per heavy atom. The van der Waals surface area contributed by atoms with Gasteiger partial charge in [0.25, 0.3) is 5.56 Å². The second-order valence-electron chi connectivity index (χ2n) is 9.13. The van der Waals surface area contributed by atoms with Crippen LogP contribution in [0.5, 0.6) is 0 Å². The summed E-state index contributed by atoms with van der Waals surface area (Å²) in [4.78, 5) is 27.2. The van der Waals surface area contributed by atoms with E-state index in [-0.39, 0.29) is 5.56 Å². The summed E-state index contributed by atoms with van der Waals surface area (Å²) in [6.45, 7) is 4.88. The molecule has 7 nitrogen and oxygen atoms in total. The molecule has 0 spiro atoms. The molecule has 0 bridgehead atoms. The van der Waals surface area contributed by atoms with Gasteiger partial charge < -0.3 is 10.7 Å². The number of nitrogens with zero attached hydrogens (tertiary/aromatic N) is 4. The Hall–Kier alpha value is -3.29. The van der Waals surface area contributed by atoms with Gasteiger partial charge in [-0.15, -0.1) is 5.47 Å². The van der Waals surface area contributed by atoms with Gasteiger partial charge in [0.05, 0.1) is 5.69 Å². The van der Waals surface area contributed by atoms with Gasteiger partial charge in [-0.05, 0) is 49.4 Å². The highest BCUT2D eigenvalue weighted by molar-refractivity contribution is 6.34.